The van der Waals surface area contributed by atoms with Crippen LogP contribution in [0.2, 0.25) is 0 Å². The van der Waals surface area contributed by atoms with Gasteiger partial charge < -0.3 is 9.88 Å². The fourth-order valence-corrected chi connectivity index (χ4v) is 1.90. The first-order chi connectivity index (χ1) is 11.2. The van der Waals surface area contributed by atoms with E-state index in [0.29, 0.717) is 10.6 Å². The zero-order chi connectivity index (χ0) is 17.9. The molecule has 0 spiro atoms. The molecule has 126 valence electrons. The Hall–Kier alpha value is -3.17. The molecule has 1 aromatic heterocycles. The molecule has 10 heteroatoms. The van der Waals surface area contributed by atoms with Crippen molar-refractivity contribution < 1.29 is 22.9 Å². The molecule has 7 nitrogen and oxygen atoms in total. The maximum atomic E-state index is 12.6. The third-order valence-electron chi connectivity index (χ3n) is 3.00. The number of hydrogen-bond donors (Lipinski definition) is 1. The van der Waals surface area contributed by atoms with E-state index in [-0.39, 0.29) is 11.4 Å². The van der Waals surface area contributed by atoms with Gasteiger partial charge in [0.05, 0.1) is 4.92 Å². The van der Waals surface area contributed by atoms with Crippen molar-refractivity contribution in [3.05, 3.63) is 68.6 Å². The Balaban J connectivity index is 2.13. The second-order valence-corrected chi connectivity index (χ2v) is 4.70. The molecule has 1 heterocycles. The van der Waals surface area contributed by atoms with Crippen LogP contribution in [0, 0.1) is 10.1 Å². The number of nitro groups is 1. The molecular weight excluding hydrogens is 331 g/mol. The molecule has 0 aliphatic heterocycles. The summed E-state index contributed by atoms with van der Waals surface area (Å²) in [5, 5.41) is 12.9. The molecule has 1 aromatic carbocycles. The van der Waals surface area contributed by atoms with Crippen LogP contribution in [0.15, 0.2) is 47.4 Å². The number of alkyl halides is 3. The van der Waals surface area contributed by atoms with Crippen LogP contribution in [0.25, 0.3) is 0 Å². The van der Waals surface area contributed by atoms with E-state index < -0.39 is 34.7 Å². The van der Waals surface area contributed by atoms with Gasteiger partial charge in [-0.25, -0.2) is 0 Å². The molecule has 0 fully saturated rings. The van der Waals surface area contributed by atoms with E-state index in [4.69, 9.17) is 0 Å². The van der Waals surface area contributed by atoms with Gasteiger partial charge in [-0.2, -0.15) is 13.2 Å². The molecule has 0 bridgehead atoms. The number of benzene rings is 1. The standard InChI is InChI=1S/C14H10F3N3O4/c15-14(16,17)11-2-1-7-19(13(11)22)8-12(21)18-9-3-5-10(6-4-9)20(23)24/h1-7H,8H2,(H,18,21). The summed E-state index contributed by atoms with van der Waals surface area (Å²) in [6.45, 7) is -0.625. The minimum absolute atomic E-state index is 0.179. The molecule has 2 rings (SSSR count). The number of non-ortho nitro benzene ring substituents is 1. The van der Waals surface area contributed by atoms with Crippen molar-refractivity contribution in [1.82, 2.24) is 4.57 Å². The molecule has 2 aromatic rings. The van der Waals surface area contributed by atoms with E-state index in [2.05, 4.69) is 5.32 Å². The minimum atomic E-state index is -4.81. The van der Waals surface area contributed by atoms with E-state index in [1.54, 1.807) is 0 Å². The van der Waals surface area contributed by atoms with Crippen molar-refractivity contribution in [1.29, 1.82) is 0 Å². The Labute approximate surface area is 132 Å². The monoisotopic (exact) mass is 341 g/mol. The predicted molar refractivity (Wildman–Crippen MR) is 77.4 cm³/mol. The van der Waals surface area contributed by atoms with Gasteiger partial charge in [-0.05, 0) is 24.3 Å². The number of rotatable bonds is 4. The van der Waals surface area contributed by atoms with Gasteiger partial charge in [0.2, 0.25) is 5.91 Å². The lowest BCUT2D eigenvalue weighted by Gasteiger charge is -2.10. The van der Waals surface area contributed by atoms with Crippen LogP contribution < -0.4 is 10.9 Å². The largest absolute Gasteiger partial charge is 0.421 e. The van der Waals surface area contributed by atoms with Crippen molar-refractivity contribution in [2.45, 2.75) is 12.7 Å². The van der Waals surface area contributed by atoms with Crippen molar-refractivity contribution >= 4 is 17.3 Å². The molecule has 0 saturated carbocycles. The molecule has 0 aliphatic carbocycles. The van der Waals surface area contributed by atoms with E-state index in [1.165, 1.54) is 12.1 Å². The van der Waals surface area contributed by atoms with Crippen LogP contribution in [0.4, 0.5) is 24.5 Å². The van der Waals surface area contributed by atoms with Crippen molar-refractivity contribution in [3.8, 4) is 0 Å². The number of amides is 1. The second-order valence-electron chi connectivity index (χ2n) is 4.70. The maximum Gasteiger partial charge on any atom is 0.421 e. The highest BCUT2D eigenvalue weighted by Crippen LogP contribution is 2.26. The number of aromatic nitrogens is 1. The van der Waals surface area contributed by atoms with Gasteiger partial charge in [-0.1, -0.05) is 0 Å². The number of nitrogens with zero attached hydrogens (tertiary/aromatic N) is 2. The smallest absolute Gasteiger partial charge is 0.325 e. The lowest BCUT2D eigenvalue weighted by atomic mass is 10.2. The quantitative estimate of drug-likeness (QED) is 0.682. The van der Waals surface area contributed by atoms with E-state index in [0.717, 1.165) is 24.4 Å². The van der Waals surface area contributed by atoms with Crippen LogP contribution >= 0.6 is 0 Å². The van der Waals surface area contributed by atoms with E-state index >= 15 is 0 Å². The molecule has 0 atom stereocenters. The highest BCUT2D eigenvalue weighted by atomic mass is 19.4. The third kappa shape index (κ3) is 3.97. The number of nitrogens with one attached hydrogen (secondary N) is 1. The van der Waals surface area contributed by atoms with Gasteiger partial charge in [0, 0.05) is 24.0 Å². The first-order valence-corrected chi connectivity index (χ1v) is 6.49. The van der Waals surface area contributed by atoms with Crippen LogP contribution in [0.3, 0.4) is 0 Å². The lowest BCUT2D eigenvalue weighted by molar-refractivity contribution is -0.384. The Kier molecular flexibility index (Phi) is 4.67. The number of nitro benzene ring substituents is 1. The predicted octanol–water partition coefficient (Wildman–Crippen LogP) is 2.41. The van der Waals surface area contributed by atoms with Crippen LogP contribution in [0.5, 0.6) is 0 Å². The van der Waals surface area contributed by atoms with E-state index in [1.807, 2.05) is 0 Å². The molecule has 0 saturated heterocycles. The highest BCUT2D eigenvalue weighted by molar-refractivity contribution is 5.90. The van der Waals surface area contributed by atoms with Gasteiger partial charge in [-0.15, -0.1) is 0 Å². The first kappa shape index (κ1) is 17.2. The summed E-state index contributed by atoms with van der Waals surface area (Å²) >= 11 is 0. The van der Waals surface area contributed by atoms with Crippen LogP contribution in [0.1, 0.15) is 5.56 Å². The molecule has 0 radical (unpaired) electrons. The van der Waals surface area contributed by atoms with Crippen molar-refractivity contribution in [3.63, 3.8) is 0 Å². The summed E-state index contributed by atoms with van der Waals surface area (Å²) in [6.07, 6.45) is -3.75. The second kappa shape index (κ2) is 6.52. The average Bonchev–Trinajstić information content (AvgIpc) is 2.48. The average molecular weight is 341 g/mol. The summed E-state index contributed by atoms with van der Waals surface area (Å²) in [5.74, 6) is -0.745. The maximum absolute atomic E-state index is 12.6. The third-order valence-corrected chi connectivity index (χ3v) is 3.00. The molecule has 0 aliphatic rings. The van der Waals surface area contributed by atoms with E-state index in [9.17, 15) is 32.9 Å². The summed E-state index contributed by atoms with van der Waals surface area (Å²) in [4.78, 5) is 33.4. The fraction of sp³-hybridized carbons (Fsp3) is 0.143. The SMILES string of the molecule is O=C(Cn1cccc(C(F)(F)F)c1=O)Nc1ccc([N+](=O)[O-])cc1. The summed E-state index contributed by atoms with van der Waals surface area (Å²) in [5.41, 5.74) is -2.66. The van der Waals surface area contributed by atoms with Gasteiger partial charge in [0.1, 0.15) is 12.1 Å². The Morgan fingerprint density at radius 2 is 1.83 bits per heavy atom. The fourth-order valence-electron chi connectivity index (χ4n) is 1.90. The van der Waals surface area contributed by atoms with Crippen LogP contribution in [-0.2, 0) is 17.5 Å². The highest BCUT2D eigenvalue weighted by Gasteiger charge is 2.34. The Morgan fingerprint density at radius 1 is 1.21 bits per heavy atom. The zero-order valence-corrected chi connectivity index (χ0v) is 11.9. The molecular formula is C14H10F3N3O4. The zero-order valence-electron chi connectivity index (χ0n) is 11.9. The number of hydrogen-bond acceptors (Lipinski definition) is 4. The van der Waals surface area contributed by atoms with Gasteiger partial charge in [0.25, 0.3) is 11.2 Å². The number of pyridine rings is 1. The number of carbonyl (C=O) groups is 1. The van der Waals surface area contributed by atoms with Gasteiger partial charge in [-0.3, -0.25) is 19.7 Å². The molecule has 0 unspecified atom stereocenters. The van der Waals surface area contributed by atoms with Gasteiger partial charge in [0.15, 0.2) is 0 Å². The van der Waals surface area contributed by atoms with Gasteiger partial charge >= 0.3 is 6.18 Å². The topological polar surface area (TPSA) is 94.2 Å². The summed E-state index contributed by atoms with van der Waals surface area (Å²) in [6, 6.07) is 6.50. The normalized spacial score (nSPS) is 11.1. The number of halogens is 3. The van der Waals surface area contributed by atoms with Crippen molar-refractivity contribution in [2.24, 2.45) is 0 Å². The Bertz CT molecular complexity index is 828. The number of carbonyl (C=O) groups excluding carboxylic acids is 1. The Morgan fingerprint density at radius 3 is 2.38 bits per heavy atom. The van der Waals surface area contributed by atoms with Crippen LogP contribution in [-0.4, -0.2) is 15.4 Å². The summed E-state index contributed by atoms with van der Waals surface area (Å²) < 4.78 is 38.6. The lowest BCUT2D eigenvalue weighted by Crippen LogP contribution is -2.31. The summed E-state index contributed by atoms with van der Waals surface area (Å²) in [7, 11) is 0. The minimum Gasteiger partial charge on any atom is -0.325 e. The van der Waals surface area contributed by atoms with Crippen molar-refractivity contribution in [2.75, 3.05) is 5.32 Å². The molecule has 1 amide bonds. The molecule has 24 heavy (non-hydrogen) atoms. The first-order valence-electron chi connectivity index (χ1n) is 6.49. The number of anilines is 1. The molecule has 1 N–H and O–H groups in total.